The zero-order valence-corrected chi connectivity index (χ0v) is 21.0. The number of aryl methyl sites for hydroxylation is 1. The number of halogens is 3. The Labute approximate surface area is 211 Å². The summed E-state index contributed by atoms with van der Waals surface area (Å²) in [6.45, 7) is 3.62. The van der Waals surface area contributed by atoms with Crippen molar-refractivity contribution < 1.29 is 21.6 Å². The fraction of sp³-hybridized carbons (Fsp3) is 0.455. The Bertz CT molecular complexity index is 1500. The molecule has 1 aliphatic heterocycles. The van der Waals surface area contributed by atoms with Crippen molar-refractivity contribution in [3.05, 3.63) is 42.9 Å². The number of H-pyrrole nitrogens is 1. The van der Waals surface area contributed by atoms with Gasteiger partial charge in [0, 0.05) is 69.3 Å². The highest BCUT2D eigenvalue weighted by Gasteiger charge is 2.43. The van der Waals surface area contributed by atoms with E-state index in [-0.39, 0.29) is 19.1 Å². The Morgan fingerprint density at radius 1 is 1.14 bits per heavy atom. The molecule has 1 N–H and O–H groups in total. The maximum absolute atomic E-state index is 13.4. The van der Waals surface area contributed by atoms with E-state index in [9.17, 15) is 21.6 Å². The van der Waals surface area contributed by atoms with Gasteiger partial charge < -0.3 is 4.98 Å². The Balaban J connectivity index is 1.26. The van der Waals surface area contributed by atoms with Crippen molar-refractivity contribution >= 4 is 21.1 Å². The van der Waals surface area contributed by atoms with Crippen LogP contribution in [0.15, 0.2) is 42.1 Å². The highest BCUT2D eigenvalue weighted by Crippen LogP contribution is 2.34. The summed E-state index contributed by atoms with van der Waals surface area (Å²) in [6.07, 6.45) is 3.83. The minimum Gasteiger partial charge on any atom is -0.346 e. The normalized spacial score (nSPS) is 17.0. The number of fused-ring (bicyclic) bond motifs is 1. The number of nitrogens with one attached hydrogen (secondary N) is 1. The second kappa shape index (κ2) is 9.54. The van der Waals surface area contributed by atoms with Crippen molar-refractivity contribution in [2.45, 2.75) is 30.5 Å². The van der Waals surface area contributed by atoms with Gasteiger partial charge in [0.25, 0.3) is 0 Å². The lowest BCUT2D eigenvalue weighted by molar-refractivity contribution is -0.143. The second-order valence-corrected chi connectivity index (χ2v) is 10.9. The van der Waals surface area contributed by atoms with Gasteiger partial charge in [-0.3, -0.25) is 14.3 Å². The van der Waals surface area contributed by atoms with Gasteiger partial charge in [0.2, 0.25) is 10.0 Å². The van der Waals surface area contributed by atoms with Crippen LogP contribution in [0, 0.1) is 0 Å². The van der Waals surface area contributed by atoms with E-state index >= 15 is 0 Å². The number of alkyl halides is 3. The topological polar surface area (TPSA) is 118 Å². The molecule has 5 rings (SSSR count). The number of hydrogen-bond acceptors (Lipinski definition) is 7. The molecule has 1 saturated heterocycles. The average Bonchev–Trinajstić information content (AvgIpc) is 3.61. The first-order valence-electron chi connectivity index (χ1n) is 11.7. The molecule has 0 bridgehead atoms. The lowest BCUT2D eigenvalue weighted by Gasteiger charge is -2.35. The summed E-state index contributed by atoms with van der Waals surface area (Å²) in [4.78, 5) is 13.0. The molecule has 1 unspecified atom stereocenters. The molecule has 0 aromatic carbocycles. The maximum atomic E-state index is 13.4. The number of sulfonamides is 1. The number of aromatic nitrogens is 7. The molecule has 1 aliphatic rings. The number of aromatic amines is 1. The molecule has 0 spiro atoms. The van der Waals surface area contributed by atoms with E-state index in [4.69, 9.17) is 0 Å². The number of nitrogens with zero attached hydrogens (tertiary/aromatic N) is 8. The maximum Gasteiger partial charge on any atom is 0.436 e. The smallest absolute Gasteiger partial charge is 0.346 e. The number of rotatable bonds is 7. The summed E-state index contributed by atoms with van der Waals surface area (Å²) in [6, 6.07) is 1.94. The van der Waals surface area contributed by atoms with Crippen LogP contribution in [-0.4, -0.2) is 84.9 Å². The number of piperazine rings is 1. The summed E-state index contributed by atoms with van der Waals surface area (Å²) in [5.41, 5.74) is 0.989. The van der Waals surface area contributed by atoms with E-state index in [1.165, 1.54) is 13.4 Å². The van der Waals surface area contributed by atoms with Crippen molar-refractivity contribution in [2.75, 3.05) is 32.7 Å². The van der Waals surface area contributed by atoms with Crippen molar-refractivity contribution in [2.24, 2.45) is 7.05 Å². The van der Waals surface area contributed by atoms with E-state index in [0.29, 0.717) is 19.6 Å². The fourth-order valence-electron chi connectivity index (χ4n) is 4.60. The molecule has 0 saturated carbocycles. The molecule has 15 heteroatoms. The summed E-state index contributed by atoms with van der Waals surface area (Å²) >= 11 is 0. The quantitative estimate of drug-likeness (QED) is 0.385. The van der Waals surface area contributed by atoms with Crippen LogP contribution in [0.4, 0.5) is 13.2 Å². The summed E-state index contributed by atoms with van der Waals surface area (Å²) in [7, 11) is -3.07. The lowest BCUT2D eigenvalue weighted by Crippen LogP contribution is -2.50. The second-order valence-electron chi connectivity index (χ2n) is 8.95. The third-order valence-electron chi connectivity index (χ3n) is 6.56. The summed E-state index contributed by atoms with van der Waals surface area (Å²) in [5.74, 6) is 0. The first-order chi connectivity index (χ1) is 17.6. The molecule has 4 aromatic rings. The van der Waals surface area contributed by atoms with E-state index in [1.807, 2.05) is 23.9 Å². The molecule has 198 valence electrons. The lowest BCUT2D eigenvalue weighted by atomic mass is 10.1. The highest BCUT2D eigenvalue weighted by atomic mass is 32.2. The molecule has 1 atom stereocenters. The van der Waals surface area contributed by atoms with Crippen LogP contribution in [0.1, 0.15) is 25.1 Å². The first kappa shape index (κ1) is 25.4. The van der Waals surface area contributed by atoms with Gasteiger partial charge in [0.1, 0.15) is 16.9 Å². The van der Waals surface area contributed by atoms with Crippen molar-refractivity contribution in [3.8, 4) is 11.3 Å². The van der Waals surface area contributed by atoms with Crippen molar-refractivity contribution in [3.63, 3.8) is 0 Å². The predicted octanol–water partition coefficient (Wildman–Crippen LogP) is 2.53. The van der Waals surface area contributed by atoms with Crippen LogP contribution in [0.5, 0.6) is 0 Å². The molecule has 4 aromatic heterocycles. The molecule has 0 radical (unpaired) electrons. The molecular formula is C22H26F3N9O2S. The molecule has 11 nitrogen and oxygen atoms in total. The SMILES string of the molecule is CCC(CN1CCN(S(=O)(=O)c2cn(C)nc2C(F)(F)F)CC1)n1cc(-c2ncnc3[nH]ccc23)cn1. The van der Waals surface area contributed by atoms with Crippen LogP contribution in [-0.2, 0) is 23.2 Å². The molecule has 37 heavy (non-hydrogen) atoms. The Morgan fingerprint density at radius 3 is 2.59 bits per heavy atom. The van der Waals surface area contributed by atoms with Crippen molar-refractivity contribution in [1.29, 1.82) is 0 Å². The van der Waals surface area contributed by atoms with E-state index < -0.39 is 26.8 Å². The Hall–Kier alpha value is -3.30. The molecule has 0 aliphatic carbocycles. The van der Waals surface area contributed by atoms with Crippen LogP contribution >= 0.6 is 0 Å². The fourth-order valence-corrected chi connectivity index (χ4v) is 6.21. The summed E-state index contributed by atoms with van der Waals surface area (Å²) < 4.78 is 69.9. The average molecular weight is 538 g/mol. The molecule has 5 heterocycles. The third-order valence-corrected chi connectivity index (χ3v) is 8.46. The third kappa shape index (κ3) is 4.85. The minimum atomic E-state index is -4.86. The monoisotopic (exact) mass is 537 g/mol. The van der Waals surface area contributed by atoms with E-state index in [1.54, 1.807) is 12.4 Å². The van der Waals surface area contributed by atoms with Crippen LogP contribution in [0.3, 0.4) is 0 Å². The van der Waals surface area contributed by atoms with Gasteiger partial charge in [-0.2, -0.15) is 27.7 Å². The zero-order chi connectivity index (χ0) is 26.4. The van der Waals surface area contributed by atoms with Crippen LogP contribution < -0.4 is 0 Å². The van der Waals surface area contributed by atoms with Gasteiger partial charge in [-0.05, 0) is 12.5 Å². The van der Waals surface area contributed by atoms with Crippen LogP contribution in [0.2, 0.25) is 0 Å². The Morgan fingerprint density at radius 2 is 1.89 bits per heavy atom. The van der Waals surface area contributed by atoms with Crippen molar-refractivity contribution in [1.82, 2.24) is 43.7 Å². The van der Waals surface area contributed by atoms with E-state index in [2.05, 4.69) is 30.0 Å². The predicted molar refractivity (Wildman–Crippen MR) is 128 cm³/mol. The van der Waals surface area contributed by atoms with E-state index in [0.717, 1.165) is 43.9 Å². The van der Waals surface area contributed by atoms with Gasteiger partial charge in [0.05, 0.1) is 17.9 Å². The van der Waals surface area contributed by atoms with Gasteiger partial charge >= 0.3 is 6.18 Å². The van der Waals surface area contributed by atoms with Gasteiger partial charge in [0.15, 0.2) is 5.69 Å². The van der Waals surface area contributed by atoms with Gasteiger partial charge in [-0.15, -0.1) is 0 Å². The minimum absolute atomic E-state index is 0.0237. The van der Waals surface area contributed by atoms with Crippen LogP contribution in [0.25, 0.3) is 22.3 Å². The largest absolute Gasteiger partial charge is 0.436 e. The molecular weight excluding hydrogens is 511 g/mol. The standard InChI is InChI=1S/C22H26F3N9O2S/c1-3-16(34-11-15(10-29-34)19-17-4-5-26-21(17)28-14-27-19)12-32-6-8-33(9-7-32)37(35,36)18-13-31(2)30-20(18)22(23,24)25/h4-5,10-11,13-14,16H,3,6-9,12H2,1-2H3,(H,26,27,28). The number of hydrogen-bond donors (Lipinski definition) is 1. The first-order valence-corrected chi connectivity index (χ1v) is 13.2. The zero-order valence-electron chi connectivity index (χ0n) is 20.2. The van der Waals surface area contributed by atoms with Gasteiger partial charge in [-0.1, -0.05) is 6.92 Å². The highest BCUT2D eigenvalue weighted by molar-refractivity contribution is 7.89. The Kier molecular flexibility index (Phi) is 6.53. The molecule has 1 fully saturated rings. The van der Waals surface area contributed by atoms with Gasteiger partial charge in [-0.25, -0.2) is 18.4 Å². The molecule has 0 amide bonds. The summed E-state index contributed by atoms with van der Waals surface area (Å²) in [5, 5.41) is 8.78.